The van der Waals surface area contributed by atoms with E-state index < -0.39 is 0 Å². The zero-order valence-electron chi connectivity index (χ0n) is 13.3. The van der Waals surface area contributed by atoms with Crippen LogP contribution < -0.4 is 9.47 Å². The molecular formula is C17H22N2O3. The number of hydrogen-bond acceptors (Lipinski definition) is 5. The van der Waals surface area contributed by atoms with E-state index in [1.165, 1.54) is 0 Å². The molecule has 0 bridgehead atoms. The molecule has 1 aromatic carbocycles. The lowest BCUT2D eigenvalue weighted by molar-refractivity contribution is 0.204. The van der Waals surface area contributed by atoms with E-state index in [1.807, 2.05) is 25.1 Å². The molecule has 5 nitrogen and oxygen atoms in total. The van der Waals surface area contributed by atoms with Crippen LogP contribution in [-0.2, 0) is 6.54 Å². The molecule has 2 heterocycles. The molecule has 0 unspecified atom stereocenters. The second-order valence-corrected chi connectivity index (χ2v) is 5.65. The van der Waals surface area contributed by atoms with E-state index in [1.54, 1.807) is 14.2 Å². The zero-order valence-corrected chi connectivity index (χ0v) is 13.3. The fraction of sp³-hybridized carbons (Fsp3) is 0.471. The molecule has 0 N–H and O–H groups in total. The number of methoxy groups -OCH3 is 2. The van der Waals surface area contributed by atoms with Gasteiger partial charge in [-0.1, -0.05) is 17.3 Å². The van der Waals surface area contributed by atoms with Crippen LogP contribution in [0.5, 0.6) is 11.5 Å². The summed E-state index contributed by atoms with van der Waals surface area (Å²) in [6, 6.07) is 8.33. The Bertz CT molecular complexity index is 639. The van der Waals surface area contributed by atoms with Gasteiger partial charge in [-0.25, -0.2) is 0 Å². The fourth-order valence-electron chi connectivity index (χ4n) is 3.17. The number of aromatic nitrogens is 1. The second kappa shape index (κ2) is 6.40. The van der Waals surface area contributed by atoms with Gasteiger partial charge in [-0.2, -0.15) is 0 Å². The average molecular weight is 302 g/mol. The Morgan fingerprint density at radius 2 is 2.18 bits per heavy atom. The molecule has 1 saturated heterocycles. The monoisotopic (exact) mass is 302 g/mol. The Morgan fingerprint density at radius 1 is 1.32 bits per heavy atom. The van der Waals surface area contributed by atoms with Gasteiger partial charge < -0.3 is 14.0 Å². The fourth-order valence-corrected chi connectivity index (χ4v) is 3.17. The van der Waals surface area contributed by atoms with Crippen molar-refractivity contribution in [2.24, 2.45) is 0 Å². The minimum Gasteiger partial charge on any atom is -0.493 e. The predicted molar refractivity (Wildman–Crippen MR) is 83.2 cm³/mol. The van der Waals surface area contributed by atoms with Gasteiger partial charge in [0.05, 0.1) is 26.0 Å². The van der Waals surface area contributed by atoms with Crippen LogP contribution in [0.2, 0.25) is 0 Å². The van der Waals surface area contributed by atoms with E-state index in [-0.39, 0.29) is 6.04 Å². The van der Waals surface area contributed by atoms with Crippen molar-refractivity contribution >= 4 is 0 Å². The molecule has 0 spiro atoms. The van der Waals surface area contributed by atoms with Crippen molar-refractivity contribution < 1.29 is 14.0 Å². The van der Waals surface area contributed by atoms with Gasteiger partial charge in [0.25, 0.3) is 0 Å². The Hall–Kier alpha value is -2.01. The summed E-state index contributed by atoms with van der Waals surface area (Å²) in [4.78, 5) is 2.41. The van der Waals surface area contributed by atoms with Crippen LogP contribution >= 0.6 is 0 Å². The van der Waals surface area contributed by atoms with Crippen LogP contribution in [0, 0.1) is 6.92 Å². The number of nitrogens with zero attached hydrogens (tertiary/aromatic N) is 2. The maximum Gasteiger partial charge on any atom is 0.165 e. The summed E-state index contributed by atoms with van der Waals surface area (Å²) in [5.74, 6) is 2.53. The second-order valence-electron chi connectivity index (χ2n) is 5.65. The van der Waals surface area contributed by atoms with E-state index in [4.69, 9.17) is 14.0 Å². The lowest BCUT2D eigenvalue weighted by Crippen LogP contribution is -2.22. The number of benzene rings is 1. The van der Waals surface area contributed by atoms with Crippen LogP contribution in [-0.4, -0.2) is 30.8 Å². The van der Waals surface area contributed by atoms with Gasteiger partial charge in [0, 0.05) is 18.2 Å². The quantitative estimate of drug-likeness (QED) is 0.848. The van der Waals surface area contributed by atoms with E-state index in [0.29, 0.717) is 0 Å². The average Bonchev–Trinajstić information content (AvgIpc) is 3.15. The summed E-state index contributed by atoms with van der Waals surface area (Å²) >= 11 is 0. The van der Waals surface area contributed by atoms with Crippen LogP contribution in [0.25, 0.3) is 0 Å². The van der Waals surface area contributed by atoms with Gasteiger partial charge in [-0.15, -0.1) is 0 Å². The molecule has 118 valence electrons. The Labute approximate surface area is 130 Å². The maximum atomic E-state index is 5.54. The van der Waals surface area contributed by atoms with Gasteiger partial charge in [0.15, 0.2) is 17.3 Å². The van der Waals surface area contributed by atoms with Crippen molar-refractivity contribution in [2.75, 3.05) is 20.8 Å². The SMILES string of the molecule is COc1cccc(CN2CCC[C@@H]2c2cc(C)no2)c1OC. The Balaban J connectivity index is 1.83. The number of ether oxygens (including phenoxy) is 2. The molecule has 0 amide bonds. The van der Waals surface area contributed by atoms with Crippen LogP contribution in [0.1, 0.15) is 35.9 Å². The Morgan fingerprint density at radius 3 is 2.86 bits per heavy atom. The van der Waals surface area contributed by atoms with Gasteiger partial charge in [0.1, 0.15) is 0 Å². The largest absolute Gasteiger partial charge is 0.493 e. The standard InChI is InChI=1S/C17H22N2O3/c1-12-10-16(22-18-12)14-7-5-9-19(14)11-13-6-4-8-15(20-2)17(13)21-3/h4,6,8,10,14H,5,7,9,11H2,1-3H3/t14-/m1/s1. The number of hydrogen-bond donors (Lipinski definition) is 0. The molecule has 1 aliphatic rings. The third-order valence-electron chi connectivity index (χ3n) is 4.20. The number of rotatable bonds is 5. The lowest BCUT2D eigenvalue weighted by Gasteiger charge is -2.23. The first kappa shape index (κ1) is 14.9. The molecule has 5 heteroatoms. The molecule has 0 aliphatic carbocycles. The van der Waals surface area contributed by atoms with E-state index in [0.717, 1.165) is 54.4 Å². The minimum absolute atomic E-state index is 0.289. The van der Waals surface area contributed by atoms with E-state index >= 15 is 0 Å². The zero-order chi connectivity index (χ0) is 15.5. The summed E-state index contributed by atoms with van der Waals surface area (Å²) in [7, 11) is 3.35. The van der Waals surface area contributed by atoms with Crippen molar-refractivity contribution in [3.05, 3.63) is 41.3 Å². The third-order valence-corrected chi connectivity index (χ3v) is 4.20. The van der Waals surface area contributed by atoms with Gasteiger partial charge >= 0.3 is 0 Å². The van der Waals surface area contributed by atoms with Crippen molar-refractivity contribution in [3.63, 3.8) is 0 Å². The number of aryl methyl sites for hydroxylation is 1. The molecule has 3 rings (SSSR count). The minimum atomic E-state index is 0.289. The lowest BCUT2D eigenvalue weighted by atomic mass is 10.1. The topological polar surface area (TPSA) is 47.7 Å². The van der Waals surface area contributed by atoms with Crippen LogP contribution in [0.15, 0.2) is 28.8 Å². The third kappa shape index (κ3) is 2.81. The van der Waals surface area contributed by atoms with Gasteiger partial charge in [0.2, 0.25) is 0 Å². The Kier molecular flexibility index (Phi) is 4.34. The molecule has 1 atom stereocenters. The van der Waals surface area contributed by atoms with Crippen molar-refractivity contribution in [2.45, 2.75) is 32.4 Å². The highest BCUT2D eigenvalue weighted by Gasteiger charge is 2.29. The summed E-state index contributed by atoms with van der Waals surface area (Å²) in [6.45, 7) is 3.81. The smallest absolute Gasteiger partial charge is 0.165 e. The normalized spacial score (nSPS) is 18.6. The summed E-state index contributed by atoms with van der Waals surface area (Å²) in [5, 5.41) is 4.02. The predicted octanol–water partition coefficient (Wildman–Crippen LogP) is 3.34. The number of para-hydroxylation sites is 1. The van der Waals surface area contributed by atoms with Crippen LogP contribution in [0.3, 0.4) is 0 Å². The first-order valence-electron chi connectivity index (χ1n) is 7.60. The highest BCUT2D eigenvalue weighted by Crippen LogP contribution is 2.37. The molecule has 22 heavy (non-hydrogen) atoms. The molecule has 1 fully saturated rings. The molecule has 1 aromatic heterocycles. The maximum absolute atomic E-state index is 5.54. The molecule has 0 saturated carbocycles. The van der Waals surface area contributed by atoms with Crippen molar-refractivity contribution in [3.8, 4) is 11.5 Å². The summed E-state index contributed by atoms with van der Waals surface area (Å²) < 4.78 is 16.4. The summed E-state index contributed by atoms with van der Waals surface area (Å²) in [5.41, 5.74) is 2.06. The first-order valence-corrected chi connectivity index (χ1v) is 7.60. The van der Waals surface area contributed by atoms with Crippen molar-refractivity contribution in [1.29, 1.82) is 0 Å². The van der Waals surface area contributed by atoms with Crippen molar-refractivity contribution in [1.82, 2.24) is 10.1 Å². The van der Waals surface area contributed by atoms with Gasteiger partial charge in [-0.3, -0.25) is 4.90 Å². The molecular weight excluding hydrogens is 280 g/mol. The molecule has 2 aromatic rings. The highest BCUT2D eigenvalue weighted by molar-refractivity contribution is 5.46. The van der Waals surface area contributed by atoms with E-state index in [2.05, 4.69) is 16.1 Å². The highest BCUT2D eigenvalue weighted by atomic mass is 16.5. The van der Waals surface area contributed by atoms with Crippen LogP contribution in [0.4, 0.5) is 0 Å². The molecule has 0 radical (unpaired) electrons. The van der Waals surface area contributed by atoms with E-state index in [9.17, 15) is 0 Å². The van der Waals surface area contributed by atoms with Gasteiger partial charge in [-0.05, 0) is 32.4 Å². The summed E-state index contributed by atoms with van der Waals surface area (Å²) in [6.07, 6.45) is 2.26. The first-order chi connectivity index (χ1) is 10.7. The molecule has 1 aliphatic heterocycles. The number of likely N-dealkylation sites (tertiary alicyclic amines) is 1.